The first-order valence-electron chi connectivity index (χ1n) is 8.50. The van der Waals surface area contributed by atoms with Crippen molar-refractivity contribution in [2.45, 2.75) is 31.7 Å². The molecular formula is C19H22N4O. The van der Waals surface area contributed by atoms with Gasteiger partial charge in [-0.3, -0.25) is 9.89 Å². The Bertz CT molecular complexity index is 865. The summed E-state index contributed by atoms with van der Waals surface area (Å²) in [6.45, 7) is 2.84. The lowest BCUT2D eigenvalue weighted by Crippen LogP contribution is -2.34. The maximum atomic E-state index is 13.2. The third-order valence-electron chi connectivity index (χ3n) is 5.18. The van der Waals surface area contributed by atoms with Crippen molar-refractivity contribution in [2.24, 2.45) is 7.05 Å². The fourth-order valence-electron chi connectivity index (χ4n) is 3.91. The van der Waals surface area contributed by atoms with Gasteiger partial charge >= 0.3 is 0 Å². The van der Waals surface area contributed by atoms with Gasteiger partial charge in [0.15, 0.2) is 0 Å². The van der Waals surface area contributed by atoms with Gasteiger partial charge in [0, 0.05) is 36.9 Å². The van der Waals surface area contributed by atoms with E-state index in [0.717, 1.165) is 36.0 Å². The molecule has 1 saturated heterocycles. The summed E-state index contributed by atoms with van der Waals surface area (Å²) in [4.78, 5) is 15.2. The molecule has 24 heavy (non-hydrogen) atoms. The van der Waals surface area contributed by atoms with Crippen LogP contribution >= 0.6 is 0 Å². The Kier molecular flexibility index (Phi) is 3.63. The minimum atomic E-state index is -0.153. The van der Waals surface area contributed by atoms with Crippen molar-refractivity contribution in [1.82, 2.24) is 19.7 Å². The summed E-state index contributed by atoms with van der Waals surface area (Å²) in [7, 11) is 2.03. The van der Waals surface area contributed by atoms with E-state index < -0.39 is 0 Å². The lowest BCUT2D eigenvalue weighted by molar-refractivity contribution is -0.133. The number of nitrogens with zero attached hydrogens (tertiary/aromatic N) is 3. The molecule has 4 rings (SSSR count). The van der Waals surface area contributed by atoms with Crippen molar-refractivity contribution in [1.29, 1.82) is 0 Å². The second kappa shape index (κ2) is 5.82. The highest BCUT2D eigenvalue weighted by Crippen LogP contribution is 2.35. The molecule has 0 bridgehead atoms. The van der Waals surface area contributed by atoms with Gasteiger partial charge in [0.05, 0.1) is 17.7 Å². The van der Waals surface area contributed by atoms with E-state index in [2.05, 4.69) is 33.1 Å². The van der Waals surface area contributed by atoms with Crippen molar-refractivity contribution in [3.05, 3.63) is 54.0 Å². The predicted molar refractivity (Wildman–Crippen MR) is 93.6 cm³/mol. The number of hydrogen-bond donors (Lipinski definition) is 1. The molecule has 0 aliphatic carbocycles. The van der Waals surface area contributed by atoms with Gasteiger partial charge in [-0.2, -0.15) is 5.10 Å². The summed E-state index contributed by atoms with van der Waals surface area (Å²) >= 11 is 0. The van der Waals surface area contributed by atoms with E-state index in [1.54, 1.807) is 6.20 Å². The number of likely N-dealkylation sites (tertiary alicyclic amines) is 1. The number of para-hydroxylation sites is 1. The molecule has 2 atom stereocenters. The van der Waals surface area contributed by atoms with Gasteiger partial charge in [0.2, 0.25) is 5.91 Å². The van der Waals surface area contributed by atoms with Crippen LogP contribution in [0.3, 0.4) is 0 Å². The van der Waals surface area contributed by atoms with Gasteiger partial charge in [-0.15, -0.1) is 0 Å². The molecule has 0 radical (unpaired) electrons. The predicted octanol–water partition coefficient (Wildman–Crippen LogP) is 3.37. The molecule has 0 saturated carbocycles. The summed E-state index contributed by atoms with van der Waals surface area (Å²) in [5, 5.41) is 8.23. The first-order valence-corrected chi connectivity index (χ1v) is 8.50. The number of aryl methyl sites for hydroxylation is 1. The molecule has 1 aliphatic rings. The summed E-state index contributed by atoms with van der Waals surface area (Å²) in [6, 6.07) is 10.4. The molecular weight excluding hydrogens is 300 g/mol. The molecule has 5 heteroatoms. The Morgan fingerprint density at radius 2 is 2.17 bits per heavy atom. The molecule has 2 aromatic heterocycles. The Hall–Kier alpha value is -2.56. The topological polar surface area (TPSA) is 53.9 Å². The van der Waals surface area contributed by atoms with Crippen LogP contribution in [0, 0.1) is 0 Å². The number of benzene rings is 1. The number of nitrogens with one attached hydrogen (secondary N) is 1. The molecule has 3 heterocycles. The van der Waals surface area contributed by atoms with E-state index in [-0.39, 0.29) is 17.9 Å². The van der Waals surface area contributed by atoms with Crippen LogP contribution in [0.2, 0.25) is 0 Å². The van der Waals surface area contributed by atoms with Gasteiger partial charge in [-0.1, -0.05) is 18.2 Å². The molecule has 5 nitrogen and oxygen atoms in total. The largest absolute Gasteiger partial charge is 0.350 e. The van der Waals surface area contributed by atoms with Crippen LogP contribution in [0.5, 0.6) is 0 Å². The standard InChI is InChI=1S/C19H22N4O/c1-13(15-12-22(2)17-7-4-3-6-14(15)17)19(24)23-11-5-8-18(23)16-9-10-20-21-16/h3-4,6-7,9-10,12-13,18H,5,8,11H2,1-2H3,(H,20,21). The van der Waals surface area contributed by atoms with Crippen molar-refractivity contribution < 1.29 is 4.79 Å². The summed E-state index contributed by atoms with van der Waals surface area (Å²) in [6.07, 6.45) is 5.88. The average molecular weight is 322 g/mol. The maximum Gasteiger partial charge on any atom is 0.230 e. The Labute approximate surface area is 141 Å². The lowest BCUT2D eigenvalue weighted by atomic mass is 9.98. The number of carbonyl (C=O) groups is 1. The number of carbonyl (C=O) groups excluding carboxylic acids is 1. The monoisotopic (exact) mass is 322 g/mol. The number of aromatic nitrogens is 3. The number of amides is 1. The van der Waals surface area contributed by atoms with E-state index in [1.165, 1.54) is 5.52 Å². The SMILES string of the molecule is CC(C(=O)N1CCCC1c1ccn[nH]1)c1cn(C)c2ccccc12. The van der Waals surface area contributed by atoms with Gasteiger partial charge in [-0.05, 0) is 37.5 Å². The third kappa shape index (κ3) is 2.31. The van der Waals surface area contributed by atoms with Crippen molar-refractivity contribution in [3.63, 3.8) is 0 Å². The highest BCUT2D eigenvalue weighted by atomic mass is 16.2. The molecule has 0 spiro atoms. The van der Waals surface area contributed by atoms with Crippen LogP contribution in [-0.2, 0) is 11.8 Å². The smallest absolute Gasteiger partial charge is 0.230 e. The van der Waals surface area contributed by atoms with Crippen LogP contribution in [0.4, 0.5) is 0 Å². The molecule has 1 fully saturated rings. The quantitative estimate of drug-likeness (QED) is 0.804. The number of H-pyrrole nitrogens is 1. The van der Waals surface area contributed by atoms with Crippen LogP contribution in [0.25, 0.3) is 10.9 Å². The minimum Gasteiger partial charge on any atom is -0.350 e. The number of rotatable bonds is 3. The fourth-order valence-corrected chi connectivity index (χ4v) is 3.91. The zero-order chi connectivity index (χ0) is 16.7. The highest BCUT2D eigenvalue weighted by Gasteiger charge is 2.34. The second-order valence-electron chi connectivity index (χ2n) is 6.64. The first kappa shape index (κ1) is 15.0. The second-order valence-corrected chi connectivity index (χ2v) is 6.64. The van der Waals surface area contributed by atoms with Crippen LogP contribution < -0.4 is 0 Å². The molecule has 1 aromatic carbocycles. The van der Waals surface area contributed by atoms with E-state index in [4.69, 9.17) is 0 Å². The Morgan fingerprint density at radius 3 is 2.96 bits per heavy atom. The van der Waals surface area contributed by atoms with Crippen LogP contribution in [-0.4, -0.2) is 32.1 Å². The number of fused-ring (bicyclic) bond motifs is 1. The van der Waals surface area contributed by atoms with E-state index in [9.17, 15) is 4.79 Å². The van der Waals surface area contributed by atoms with Crippen molar-refractivity contribution in [2.75, 3.05) is 6.54 Å². The van der Waals surface area contributed by atoms with Gasteiger partial charge in [0.25, 0.3) is 0 Å². The average Bonchev–Trinajstić information content (AvgIpc) is 3.33. The molecule has 3 aromatic rings. The summed E-state index contributed by atoms with van der Waals surface area (Å²) < 4.78 is 2.10. The number of aromatic amines is 1. The normalized spacial score (nSPS) is 19.1. The zero-order valence-corrected chi connectivity index (χ0v) is 14.1. The molecule has 1 N–H and O–H groups in total. The lowest BCUT2D eigenvalue weighted by Gasteiger charge is -2.26. The molecule has 1 aliphatic heterocycles. The highest BCUT2D eigenvalue weighted by molar-refractivity contribution is 5.92. The minimum absolute atomic E-state index is 0.123. The van der Waals surface area contributed by atoms with Crippen LogP contribution in [0.15, 0.2) is 42.7 Å². The van der Waals surface area contributed by atoms with E-state index >= 15 is 0 Å². The van der Waals surface area contributed by atoms with Gasteiger partial charge in [-0.25, -0.2) is 0 Å². The first-order chi connectivity index (χ1) is 11.7. The molecule has 1 amide bonds. The van der Waals surface area contributed by atoms with E-state index in [1.807, 2.05) is 37.1 Å². The Morgan fingerprint density at radius 1 is 1.33 bits per heavy atom. The summed E-state index contributed by atoms with van der Waals surface area (Å²) in [5.74, 6) is 0.0445. The van der Waals surface area contributed by atoms with Crippen LogP contribution in [0.1, 0.15) is 43.0 Å². The molecule has 2 unspecified atom stereocenters. The fraction of sp³-hybridized carbons (Fsp3) is 0.368. The third-order valence-corrected chi connectivity index (χ3v) is 5.18. The summed E-state index contributed by atoms with van der Waals surface area (Å²) in [5.41, 5.74) is 3.30. The van der Waals surface area contributed by atoms with Crippen molar-refractivity contribution >= 4 is 16.8 Å². The van der Waals surface area contributed by atoms with Crippen molar-refractivity contribution in [3.8, 4) is 0 Å². The van der Waals surface area contributed by atoms with E-state index in [0.29, 0.717) is 0 Å². The van der Waals surface area contributed by atoms with Gasteiger partial charge in [0.1, 0.15) is 0 Å². The zero-order valence-electron chi connectivity index (χ0n) is 14.1. The van der Waals surface area contributed by atoms with Gasteiger partial charge < -0.3 is 9.47 Å². The Balaban J connectivity index is 1.66. The maximum absolute atomic E-state index is 13.2. The molecule has 124 valence electrons. The number of hydrogen-bond acceptors (Lipinski definition) is 2.